The molecule has 0 saturated heterocycles. The van der Waals surface area contributed by atoms with Crippen LogP contribution in [0.25, 0.3) is 0 Å². The van der Waals surface area contributed by atoms with Crippen molar-refractivity contribution in [1.82, 2.24) is 5.32 Å². The number of anilines is 1. The Kier molecular flexibility index (Phi) is 5.41. The van der Waals surface area contributed by atoms with Crippen LogP contribution in [0.3, 0.4) is 0 Å². The predicted molar refractivity (Wildman–Crippen MR) is 94.3 cm³/mol. The molecule has 0 aliphatic rings. The summed E-state index contributed by atoms with van der Waals surface area (Å²) in [5.74, 6) is -0.289. The summed E-state index contributed by atoms with van der Waals surface area (Å²) in [4.78, 5) is 23.2. The summed E-state index contributed by atoms with van der Waals surface area (Å²) in [6.07, 6.45) is 0. The highest BCUT2D eigenvalue weighted by molar-refractivity contribution is 9.10. The summed E-state index contributed by atoms with van der Waals surface area (Å²) in [6, 6.07) is 13.8. The number of benzene rings is 2. The van der Waals surface area contributed by atoms with Crippen molar-refractivity contribution in [3.63, 3.8) is 0 Å². The lowest BCUT2D eigenvalue weighted by atomic mass is 10.1. The Labute approximate surface area is 142 Å². The molecule has 6 heteroatoms. The molecule has 2 rings (SSSR count). The third kappa shape index (κ3) is 4.47. The Hall–Kier alpha value is -2.05. The Bertz CT molecular complexity index is 712. The van der Waals surface area contributed by atoms with Gasteiger partial charge in [-0.25, -0.2) is 0 Å². The van der Waals surface area contributed by atoms with Crippen LogP contribution >= 0.6 is 28.1 Å². The van der Waals surface area contributed by atoms with Crippen molar-refractivity contribution in [2.75, 3.05) is 5.32 Å². The molecular formula is C16H13BrN2O2S. The van der Waals surface area contributed by atoms with E-state index in [0.717, 1.165) is 4.47 Å². The van der Waals surface area contributed by atoms with E-state index < -0.39 is 0 Å². The number of carbonyl (C=O) groups is 2. The van der Waals surface area contributed by atoms with E-state index in [1.807, 2.05) is 0 Å². The number of Topliss-reactive ketones (excluding diaryl/α,β-unsaturated/α-hetero) is 1. The zero-order valence-electron chi connectivity index (χ0n) is 11.7. The van der Waals surface area contributed by atoms with Crippen molar-refractivity contribution in [2.24, 2.45) is 0 Å². The van der Waals surface area contributed by atoms with Crippen molar-refractivity contribution in [2.45, 2.75) is 6.92 Å². The van der Waals surface area contributed by atoms with Gasteiger partial charge in [0.1, 0.15) is 0 Å². The molecule has 0 unspecified atom stereocenters. The third-order valence-corrected chi connectivity index (χ3v) is 3.62. The monoisotopic (exact) mass is 376 g/mol. The third-order valence-electron chi connectivity index (χ3n) is 2.88. The fourth-order valence-corrected chi connectivity index (χ4v) is 2.20. The van der Waals surface area contributed by atoms with E-state index in [-0.39, 0.29) is 16.8 Å². The topological polar surface area (TPSA) is 58.2 Å². The van der Waals surface area contributed by atoms with Gasteiger partial charge in [0.25, 0.3) is 5.91 Å². The highest BCUT2D eigenvalue weighted by Gasteiger charge is 2.08. The van der Waals surface area contributed by atoms with Crippen LogP contribution in [0.1, 0.15) is 27.6 Å². The molecule has 0 aliphatic heterocycles. The van der Waals surface area contributed by atoms with Crippen LogP contribution in [0.4, 0.5) is 5.69 Å². The van der Waals surface area contributed by atoms with E-state index >= 15 is 0 Å². The molecule has 0 saturated carbocycles. The smallest absolute Gasteiger partial charge is 0.257 e. The van der Waals surface area contributed by atoms with Gasteiger partial charge in [-0.2, -0.15) is 0 Å². The van der Waals surface area contributed by atoms with Gasteiger partial charge >= 0.3 is 0 Å². The lowest BCUT2D eigenvalue weighted by molar-refractivity contribution is 0.0976. The first-order valence-corrected chi connectivity index (χ1v) is 7.65. The highest BCUT2D eigenvalue weighted by atomic mass is 79.9. The van der Waals surface area contributed by atoms with Crippen LogP contribution in [0.2, 0.25) is 0 Å². The maximum absolute atomic E-state index is 12.0. The van der Waals surface area contributed by atoms with Gasteiger partial charge in [-0.1, -0.05) is 15.9 Å². The molecule has 0 radical (unpaired) electrons. The highest BCUT2D eigenvalue weighted by Crippen LogP contribution is 2.11. The van der Waals surface area contributed by atoms with Crippen LogP contribution in [-0.2, 0) is 0 Å². The van der Waals surface area contributed by atoms with Crippen LogP contribution in [0.5, 0.6) is 0 Å². The van der Waals surface area contributed by atoms with E-state index in [4.69, 9.17) is 12.2 Å². The quantitative estimate of drug-likeness (QED) is 0.632. The van der Waals surface area contributed by atoms with E-state index in [1.54, 1.807) is 48.5 Å². The first-order chi connectivity index (χ1) is 10.5. The molecule has 0 atom stereocenters. The first kappa shape index (κ1) is 16.3. The average molecular weight is 377 g/mol. The van der Waals surface area contributed by atoms with Crippen LogP contribution in [-0.4, -0.2) is 16.8 Å². The summed E-state index contributed by atoms with van der Waals surface area (Å²) in [7, 11) is 0. The van der Waals surface area contributed by atoms with Crippen molar-refractivity contribution in [1.29, 1.82) is 0 Å². The molecule has 0 aromatic heterocycles. The molecular weight excluding hydrogens is 364 g/mol. The van der Waals surface area contributed by atoms with Gasteiger partial charge in [0.2, 0.25) is 0 Å². The second-order valence-electron chi connectivity index (χ2n) is 4.55. The summed E-state index contributed by atoms with van der Waals surface area (Å²) < 4.78 is 0.898. The Morgan fingerprint density at radius 2 is 1.50 bits per heavy atom. The normalized spacial score (nSPS) is 9.91. The summed E-state index contributed by atoms with van der Waals surface area (Å²) in [5, 5.41) is 5.70. The van der Waals surface area contributed by atoms with Gasteiger partial charge in [-0.3, -0.25) is 14.9 Å². The number of halogens is 1. The lowest BCUT2D eigenvalue weighted by Crippen LogP contribution is -2.34. The Morgan fingerprint density at radius 1 is 0.955 bits per heavy atom. The molecule has 0 heterocycles. The second-order valence-corrected chi connectivity index (χ2v) is 5.87. The summed E-state index contributed by atoms with van der Waals surface area (Å²) >= 11 is 8.41. The standard InChI is InChI=1S/C16H13BrN2O2S/c1-10(20)11-4-8-14(9-5-11)18-16(22)19-15(21)12-2-6-13(17)7-3-12/h2-9H,1H3,(H2,18,19,21,22). The Balaban J connectivity index is 1.96. The molecule has 22 heavy (non-hydrogen) atoms. The Morgan fingerprint density at radius 3 is 2.05 bits per heavy atom. The SMILES string of the molecule is CC(=O)c1ccc(NC(=S)NC(=O)c2ccc(Br)cc2)cc1. The molecule has 0 fully saturated rings. The summed E-state index contributed by atoms with van der Waals surface area (Å²) in [6.45, 7) is 1.51. The number of amides is 1. The van der Waals surface area contributed by atoms with Crippen LogP contribution in [0, 0.1) is 0 Å². The van der Waals surface area contributed by atoms with Gasteiger partial charge in [-0.15, -0.1) is 0 Å². The number of ketones is 1. The zero-order chi connectivity index (χ0) is 16.1. The van der Waals surface area contributed by atoms with Gasteiger partial charge in [0, 0.05) is 21.3 Å². The molecule has 2 aromatic rings. The van der Waals surface area contributed by atoms with E-state index in [0.29, 0.717) is 16.8 Å². The predicted octanol–water partition coefficient (Wildman–Crippen LogP) is 3.78. The molecule has 0 spiro atoms. The van der Waals surface area contributed by atoms with Crippen molar-refractivity contribution in [3.8, 4) is 0 Å². The van der Waals surface area contributed by atoms with E-state index in [1.165, 1.54) is 6.92 Å². The number of hydrogen-bond acceptors (Lipinski definition) is 3. The van der Waals surface area contributed by atoms with Gasteiger partial charge < -0.3 is 5.32 Å². The summed E-state index contributed by atoms with van der Waals surface area (Å²) in [5.41, 5.74) is 1.83. The average Bonchev–Trinajstić information content (AvgIpc) is 2.48. The number of thiocarbonyl (C=S) groups is 1. The van der Waals surface area contributed by atoms with Gasteiger partial charge in [-0.05, 0) is 67.7 Å². The zero-order valence-corrected chi connectivity index (χ0v) is 14.1. The largest absolute Gasteiger partial charge is 0.332 e. The minimum Gasteiger partial charge on any atom is -0.332 e. The number of hydrogen-bond donors (Lipinski definition) is 2. The lowest BCUT2D eigenvalue weighted by Gasteiger charge is -2.10. The minimum atomic E-state index is -0.287. The molecule has 112 valence electrons. The maximum Gasteiger partial charge on any atom is 0.257 e. The van der Waals surface area contributed by atoms with Gasteiger partial charge in [0.05, 0.1) is 0 Å². The number of carbonyl (C=O) groups excluding carboxylic acids is 2. The number of rotatable bonds is 3. The molecule has 4 nitrogen and oxygen atoms in total. The molecule has 1 amide bonds. The molecule has 0 bridgehead atoms. The van der Waals surface area contributed by atoms with Crippen molar-refractivity contribution in [3.05, 3.63) is 64.1 Å². The van der Waals surface area contributed by atoms with E-state index in [2.05, 4.69) is 26.6 Å². The second kappa shape index (κ2) is 7.29. The van der Waals surface area contributed by atoms with E-state index in [9.17, 15) is 9.59 Å². The first-order valence-electron chi connectivity index (χ1n) is 6.44. The fourth-order valence-electron chi connectivity index (χ4n) is 1.73. The molecule has 2 N–H and O–H groups in total. The molecule has 0 aliphatic carbocycles. The fraction of sp³-hybridized carbons (Fsp3) is 0.0625. The van der Waals surface area contributed by atoms with Crippen LogP contribution in [0.15, 0.2) is 53.0 Å². The van der Waals surface area contributed by atoms with Crippen LogP contribution < -0.4 is 10.6 Å². The maximum atomic E-state index is 12.0. The van der Waals surface area contributed by atoms with Crippen molar-refractivity contribution < 1.29 is 9.59 Å². The minimum absolute atomic E-state index is 0.00216. The van der Waals surface area contributed by atoms with Crippen molar-refractivity contribution >= 4 is 50.6 Å². The number of nitrogens with one attached hydrogen (secondary N) is 2. The van der Waals surface area contributed by atoms with Gasteiger partial charge in [0.15, 0.2) is 10.9 Å². The molecule has 2 aromatic carbocycles.